The number of carbonyl (C=O) groups is 3. The maximum atomic E-state index is 13.2. The van der Waals surface area contributed by atoms with E-state index in [-0.39, 0.29) is 24.3 Å². The first kappa shape index (κ1) is 23.8. The molecular weight excluding hydrogens is 454 g/mol. The molecule has 36 heavy (non-hydrogen) atoms. The van der Waals surface area contributed by atoms with E-state index in [1.54, 1.807) is 43.5 Å². The number of benzene rings is 3. The second-order valence-corrected chi connectivity index (χ2v) is 9.21. The van der Waals surface area contributed by atoms with Crippen molar-refractivity contribution in [2.45, 2.75) is 19.5 Å². The lowest BCUT2D eigenvalue weighted by molar-refractivity contribution is 0.0641. The molecule has 2 heterocycles. The quantitative estimate of drug-likeness (QED) is 0.499. The van der Waals surface area contributed by atoms with Crippen molar-refractivity contribution in [2.24, 2.45) is 0 Å². The highest BCUT2D eigenvalue weighted by Crippen LogP contribution is 2.24. The summed E-state index contributed by atoms with van der Waals surface area (Å²) in [4.78, 5) is 44.0. The molecule has 3 amide bonds. The predicted octanol–water partition coefficient (Wildman–Crippen LogP) is 3.84. The highest BCUT2D eigenvalue weighted by molar-refractivity contribution is 6.21. The molecule has 0 saturated carbocycles. The molecule has 0 aliphatic carbocycles. The van der Waals surface area contributed by atoms with Crippen LogP contribution in [0, 0.1) is 0 Å². The van der Waals surface area contributed by atoms with Gasteiger partial charge in [-0.2, -0.15) is 0 Å². The van der Waals surface area contributed by atoms with Gasteiger partial charge in [-0.1, -0.05) is 36.4 Å². The highest BCUT2D eigenvalue weighted by atomic mass is 16.5. The fourth-order valence-corrected chi connectivity index (χ4v) is 4.82. The van der Waals surface area contributed by atoms with E-state index in [9.17, 15) is 14.4 Å². The molecule has 7 heteroatoms. The van der Waals surface area contributed by atoms with Crippen molar-refractivity contribution in [3.8, 4) is 5.75 Å². The number of hydrogen-bond acceptors (Lipinski definition) is 5. The topological polar surface area (TPSA) is 70.2 Å². The minimum absolute atomic E-state index is 0.00794. The molecule has 0 N–H and O–H groups in total. The second kappa shape index (κ2) is 10.3. The summed E-state index contributed by atoms with van der Waals surface area (Å²) < 4.78 is 5.23. The first-order valence-corrected chi connectivity index (χ1v) is 12.2. The number of nitrogens with zero attached hydrogens (tertiary/aromatic N) is 3. The Balaban J connectivity index is 1.18. The third kappa shape index (κ3) is 4.88. The van der Waals surface area contributed by atoms with Gasteiger partial charge in [-0.25, -0.2) is 0 Å². The summed E-state index contributed by atoms with van der Waals surface area (Å²) in [6.07, 6.45) is 0.916. The zero-order valence-corrected chi connectivity index (χ0v) is 20.4. The van der Waals surface area contributed by atoms with E-state index in [1.165, 1.54) is 10.5 Å². The van der Waals surface area contributed by atoms with E-state index in [0.717, 1.165) is 43.9 Å². The molecule has 3 aromatic rings. The van der Waals surface area contributed by atoms with Gasteiger partial charge in [0.05, 0.1) is 24.8 Å². The summed E-state index contributed by atoms with van der Waals surface area (Å²) in [7, 11) is 1.66. The molecule has 1 fully saturated rings. The smallest absolute Gasteiger partial charge is 0.261 e. The Morgan fingerprint density at radius 1 is 0.750 bits per heavy atom. The summed E-state index contributed by atoms with van der Waals surface area (Å²) in [5.74, 6) is 0.300. The van der Waals surface area contributed by atoms with Gasteiger partial charge in [0.15, 0.2) is 0 Å². The summed E-state index contributed by atoms with van der Waals surface area (Å²) in [6.45, 7) is 4.18. The van der Waals surface area contributed by atoms with Crippen LogP contribution in [0.15, 0.2) is 72.8 Å². The number of ether oxygens (including phenoxy) is 1. The largest absolute Gasteiger partial charge is 0.497 e. The van der Waals surface area contributed by atoms with Crippen molar-refractivity contribution < 1.29 is 19.1 Å². The van der Waals surface area contributed by atoms with Crippen LogP contribution < -0.4 is 4.74 Å². The van der Waals surface area contributed by atoms with Crippen LogP contribution in [0.4, 0.5) is 0 Å². The lowest BCUT2D eigenvalue weighted by Gasteiger charge is -2.22. The molecule has 3 aromatic carbocycles. The zero-order chi connectivity index (χ0) is 25.1. The Hall–Kier alpha value is -3.97. The van der Waals surface area contributed by atoms with Crippen molar-refractivity contribution >= 4 is 17.7 Å². The van der Waals surface area contributed by atoms with Gasteiger partial charge in [0, 0.05) is 38.3 Å². The molecule has 0 spiro atoms. The van der Waals surface area contributed by atoms with Gasteiger partial charge in [0.25, 0.3) is 17.7 Å². The monoisotopic (exact) mass is 483 g/mol. The van der Waals surface area contributed by atoms with Gasteiger partial charge < -0.3 is 9.64 Å². The van der Waals surface area contributed by atoms with Gasteiger partial charge in [0.2, 0.25) is 0 Å². The van der Waals surface area contributed by atoms with Crippen LogP contribution in [-0.4, -0.2) is 65.7 Å². The van der Waals surface area contributed by atoms with E-state index in [1.807, 2.05) is 29.2 Å². The van der Waals surface area contributed by atoms with E-state index in [0.29, 0.717) is 23.2 Å². The maximum absolute atomic E-state index is 13.2. The Labute approximate surface area is 210 Å². The minimum atomic E-state index is -0.278. The van der Waals surface area contributed by atoms with Gasteiger partial charge in [-0.05, 0) is 53.9 Å². The SMILES string of the molecule is COc1ccc(CN2CCCN(C(=O)c3ccc(CN4C(=O)c5ccccc5C4=O)cc3)CC2)cc1. The molecule has 0 aromatic heterocycles. The second-order valence-electron chi connectivity index (χ2n) is 9.21. The summed E-state index contributed by atoms with van der Waals surface area (Å²) in [6, 6.07) is 22.2. The van der Waals surface area contributed by atoms with Gasteiger partial charge in [0.1, 0.15) is 5.75 Å². The molecule has 2 aliphatic rings. The molecule has 0 atom stereocenters. The number of imide groups is 1. The molecule has 5 rings (SSSR count). The van der Waals surface area contributed by atoms with Crippen LogP contribution in [0.5, 0.6) is 5.75 Å². The van der Waals surface area contributed by atoms with Crippen molar-refractivity contribution in [3.05, 3.63) is 101 Å². The Bertz CT molecular complexity index is 1240. The minimum Gasteiger partial charge on any atom is -0.497 e. The van der Waals surface area contributed by atoms with E-state index >= 15 is 0 Å². The van der Waals surface area contributed by atoms with Crippen LogP contribution in [0.3, 0.4) is 0 Å². The van der Waals surface area contributed by atoms with Gasteiger partial charge in [-0.15, -0.1) is 0 Å². The lowest BCUT2D eigenvalue weighted by atomic mass is 10.1. The van der Waals surface area contributed by atoms with Crippen LogP contribution in [0.1, 0.15) is 48.6 Å². The summed E-state index contributed by atoms with van der Waals surface area (Å²) >= 11 is 0. The molecule has 0 unspecified atom stereocenters. The van der Waals surface area contributed by atoms with Crippen molar-refractivity contribution in [1.82, 2.24) is 14.7 Å². The molecular formula is C29H29N3O4. The lowest BCUT2D eigenvalue weighted by Crippen LogP contribution is -2.35. The number of carbonyl (C=O) groups excluding carboxylic acids is 3. The van der Waals surface area contributed by atoms with Gasteiger partial charge in [-0.3, -0.25) is 24.2 Å². The maximum Gasteiger partial charge on any atom is 0.261 e. The first-order valence-electron chi connectivity index (χ1n) is 12.2. The average molecular weight is 484 g/mol. The number of hydrogen-bond donors (Lipinski definition) is 0. The molecule has 184 valence electrons. The van der Waals surface area contributed by atoms with Gasteiger partial charge >= 0.3 is 0 Å². The Morgan fingerprint density at radius 2 is 1.36 bits per heavy atom. The standard InChI is InChI=1S/C29H29N3O4/c1-36-24-13-9-21(10-14-24)19-30-15-4-16-31(18-17-30)27(33)23-11-7-22(8-12-23)20-32-28(34)25-5-2-3-6-26(25)29(32)35/h2-3,5-14H,4,15-20H2,1H3. The van der Waals surface area contributed by atoms with E-state index in [4.69, 9.17) is 4.74 Å². The van der Waals surface area contributed by atoms with Crippen LogP contribution in [0.25, 0.3) is 0 Å². The zero-order valence-electron chi connectivity index (χ0n) is 20.4. The third-order valence-corrected chi connectivity index (χ3v) is 6.86. The first-order chi connectivity index (χ1) is 17.5. The van der Waals surface area contributed by atoms with Crippen molar-refractivity contribution in [1.29, 1.82) is 0 Å². The van der Waals surface area contributed by atoms with E-state index in [2.05, 4.69) is 17.0 Å². The molecule has 7 nitrogen and oxygen atoms in total. The highest BCUT2D eigenvalue weighted by Gasteiger charge is 2.35. The number of amides is 3. The normalized spacial score (nSPS) is 16.1. The predicted molar refractivity (Wildman–Crippen MR) is 136 cm³/mol. The Morgan fingerprint density at radius 3 is 2.00 bits per heavy atom. The number of fused-ring (bicyclic) bond motifs is 1. The summed E-state index contributed by atoms with van der Waals surface area (Å²) in [5, 5.41) is 0. The fraction of sp³-hybridized carbons (Fsp3) is 0.276. The van der Waals surface area contributed by atoms with Crippen molar-refractivity contribution in [3.63, 3.8) is 0 Å². The van der Waals surface area contributed by atoms with Crippen LogP contribution in [-0.2, 0) is 13.1 Å². The third-order valence-electron chi connectivity index (χ3n) is 6.86. The molecule has 2 aliphatic heterocycles. The average Bonchev–Trinajstić information content (AvgIpc) is 3.06. The van der Waals surface area contributed by atoms with Crippen LogP contribution >= 0.6 is 0 Å². The fourth-order valence-electron chi connectivity index (χ4n) is 4.82. The van der Waals surface area contributed by atoms with Crippen LogP contribution in [0.2, 0.25) is 0 Å². The Kier molecular flexibility index (Phi) is 6.82. The number of methoxy groups -OCH3 is 1. The van der Waals surface area contributed by atoms with E-state index < -0.39 is 0 Å². The molecule has 0 bridgehead atoms. The summed E-state index contributed by atoms with van der Waals surface area (Å²) in [5.41, 5.74) is 3.53. The van der Waals surface area contributed by atoms with Crippen molar-refractivity contribution in [2.75, 3.05) is 33.3 Å². The molecule has 0 radical (unpaired) electrons. The number of rotatable bonds is 6. The molecule has 1 saturated heterocycles.